The normalized spacial score (nSPS) is 27.4. The molecule has 2 amide bonds. The van der Waals surface area contributed by atoms with Crippen LogP contribution in [0, 0.1) is 5.92 Å². The average molecular weight is 278 g/mol. The molecular formula is C12H17F3N2O2. The van der Waals surface area contributed by atoms with Crippen molar-refractivity contribution in [2.75, 3.05) is 6.54 Å². The molecule has 2 rings (SSSR count). The third-order valence-corrected chi connectivity index (χ3v) is 3.54. The van der Waals surface area contributed by atoms with Gasteiger partial charge >= 0.3 is 6.18 Å². The number of carbonyl (C=O) groups excluding carboxylic acids is 2. The lowest BCUT2D eigenvalue weighted by Gasteiger charge is -2.43. The molecule has 1 aliphatic carbocycles. The molecule has 1 unspecified atom stereocenters. The fourth-order valence-electron chi connectivity index (χ4n) is 2.43. The first-order chi connectivity index (χ1) is 8.62. The maximum atomic E-state index is 12.3. The molecule has 0 aromatic carbocycles. The van der Waals surface area contributed by atoms with Crippen molar-refractivity contribution in [2.24, 2.45) is 5.92 Å². The van der Waals surface area contributed by atoms with Crippen molar-refractivity contribution in [3.63, 3.8) is 0 Å². The molecule has 1 atom stereocenters. The number of piperazine rings is 1. The molecule has 0 aromatic rings. The first kappa shape index (κ1) is 14.1. The van der Waals surface area contributed by atoms with Crippen LogP contribution in [-0.2, 0) is 9.59 Å². The molecule has 1 aliphatic heterocycles. The molecule has 2 aliphatic rings. The summed E-state index contributed by atoms with van der Waals surface area (Å²) in [6, 6.07) is -0.733. The Kier molecular flexibility index (Phi) is 3.26. The van der Waals surface area contributed by atoms with Gasteiger partial charge in [0.25, 0.3) is 0 Å². The summed E-state index contributed by atoms with van der Waals surface area (Å²) in [5.74, 6) is -0.768. The minimum Gasteiger partial charge on any atom is -0.340 e. The summed E-state index contributed by atoms with van der Waals surface area (Å²) in [7, 11) is 0. The van der Waals surface area contributed by atoms with E-state index in [2.05, 4.69) is 5.32 Å². The fraction of sp³-hybridized carbons (Fsp3) is 0.833. The van der Waals surface area contributed by atoms with Crippen LogP contribution in [0.4, 0.5) is 13.2 Å². The van der Waals surface area contributed by atoms with Crippen molar-refractivity contribution in [1.82, 2.24) is 10.2 Å². The number of halogens is 3. The molecular weight excluding hydrogens is 261 g/mol. The SMILES string of the molecule is CC1(C)NC(=O)C(C2CC2)N(CCC(F)(F)F)C1=O. The highest BCUT2D eigenvalue weighted by molar-refractivity contribution is 5.99. The second-order valence-corrected chi connectivity index (χ2v) is 5.76. The summed E-state index contributed by atoms with van der Waals surface area (Å²) in [5.41, 5.74) is -1.13. The van der Waals surface area contributed by atoms with Crippen LogP contribution < -0.4 is 5.32 Å². The zero-order chi connectivity index (χ0) is 14.4. The highest BCUT2D eigenvalue weighted by atomic mass is 19.4. The molecule has 7 heteroatoms. The molecule has 1 saturated carbocycles. The summed E-state index contributed by atoms with van der Waals surface area (Å²) >= 11 is 0. The predicted molar refractivity (Wildman–Crippen MR) is 61.1 cm³/mol. The topological polar surface area (TPSA) is 49.4 Å². The molecule has 4 nitrogen and oxygen atoms in total. The van der Waals surface area contributed by atoms with Gasteiger partial charge in [0, 0.05) is 6.54 Å². The van der Waals surface area contributed by atoms with Gasteiger partial charge in [0.05, 0.1) is 6.42 Å². The minimum atomic E-state index is -4.33. The van der Waals surface area contributed by atoms with Crippen molar-refractivity contribution in [3.8, 4) is 0 Å². The van der Waals surface area contributed by atoms with Gasteiger partial charge in [-0.3, -0.25) is 9.59 Å². The number of carbonyl (C=O) groups is 2. The molecule has 0 spiro atoms. The zero-order valence-corrected chi connectivity index (χ0v) is 10.9. The Morgan fingerprint density at radius 2 is 1.89 bits per heavy atom. The third-order valence-electron chi connectivity index (χ3n) is 3.54. The first-order valence-electron chi connectivity index (χ1n) is 6.32. The molecule has 1 saturated heterocycles. The largest absolute Gasteiger partial charge is 0.390 e. The minimum absolute atomic E-state index is 0.00767. The Balaban J connectivity index is 2.17. The van der Waals surface area contributed by atoms with Crippen LogP contribution in [0.5, 0.6) is 0 Å². The van der Waals surface area contributed by atoms with E-state index in [9.17, 15) is 22.8 Å². The highest BCUT2D eigenvalue weighted by Gasteiger charge is 2.51. The van der Waals surface area contributed by atoms with Crippen LogP contribution >= 0.6 is 0 Å². The van der Waals surface area contributed by atoms with Crippen LogP contribution in [0.25, 0.3) is 0 Å². The van der Waals surface area contributed by atoms with Crippen LogP contribution in [0.1, 0.15) is 33.1 Å². The van der Waals surface area contributed by atoms with Crippen LogP contribution in [0.2, 0.25) is 0 Å². The van der Waals surface area contributed by atoms with E-state index >= 15 is 0 Å². The number of hydrogen-bond donors (Lipinski definition) is 1. The number of rotatable bonds is 3. The summed E-state index contributed by atoms with van der Waals surface area (Å²) in [4.78, 5) is 25.3. The molecule has 2 fully saturated rings. The van der Waals surface area contributed by atoms with E-state index in [1.807, 2.05) is 0 Å². The third kappa shape index (κ3) is 3.01. The summed E-state index contributed by atoms with van der Waals surface area (Å²) in [5, 5.41) is 2.59. The maximum absolute atomic E-state index is 12.3. The van der Waals surface area contributed by atoms with Crippen molar-refractivity contribution in [2.45, 2.75) is 50.9 Å². The number of amides is 2. The van der Waals surface area contributed by atoms with Gasteiger partial charge in [0.2, 0.25) is 11.8 Å². The van der Waals surface area contributed by atoms with Gasteiger partial charge in [-0.1, -0.05) is 0 Å². The average Bonchev–Trinajstić information content (AvgIpc) is 3.03. The van der Waals surface area contributed by atoms with Gasteiger partial charge < -0.3 is 10.2 Å². The van der Waals surface area contributed by atoms with Gasteiger partial charge in [0.15, 0.2) is 0 Å². The van der Waals surface area contributed by atoms with Crippen LogP contribution in [0.15, 0.2) is 0 Å². The van der Waals surface area contributed by atoms with E-state index < -0.39 is 36.6 Å². The standard InChI is InChI=1S/C12H17F3N2O2/c1-11(2)10(19)17(6-5-12(13,14)15)8(7-3-4-7)9(18)16-11/h7-8H,3-6H2,1-2H3,(H,16,18). The van der Waals surface area contributed by atoms with Crippen molar-refractivity contribution in [3.05, 3.63) is 0 Å². The number of hydrogen-bond acceptors (Lipinski definition) is 2. The van der Waals surface area contributed by atoms with Gasteiger partial charge in [-0.25, -0.2) is 0 Å². The Morgan fingerprint density at radius 1 is 1.32 bits per heavy atom. The molecule has 19 heavy (non-hydrogen) atoms. The van der Waals surface area contributed by atoms with Gasteiger partial charge in [-0.2, -0.15) is 13.2 Å². The zero-order valence-electron chi connectivity index (χ0n) is 10.9. The first-order valence-corrected chi connectivity index (χ1v) is 6.32. The Bertz CT molecular complexity index is 402. The fourth-order valence-corrected chi connectivity index (χ4v) is 2.43. The monoisotopic (exact) mass is 278 g/mol. The Morgan fingerprint density at radius 3 is 2.37 bits per heavy atom. The molecule has 0 radical (unpaired) electrons. The van der Waals surface area contributed by atoms with E-state index in [1.165, 1.54) is 13.8 Å². The van der Waals surface area contributed by atoms with Gasteiger partial charge in [-0.05, 0) is 32.6 Å². The van der Waals surface area contributed by atoms with E-state index in [0.717, 1.165) is 17.7 Å². The smallest absolute Gasteiger partial charge is 0.340 e. The Hall–Kier alpha value is -1.27. The number of nitrogens with one attached hydrogen (secondary N) is 1. The van der Waals surface area contributed by atoms with Crippen molar-refractivity contribution in [1.29, 1.82) is 0 Å². The second-order valence-electron chi connectivity index (χ2n) is 5.76. The Labute approximate surface area is 109 Å². The molecule has 1 N–H and O–H groups in total. The van der Waals surface area contributed by atoms with E-state index in [0.29, 0.717) is 0 Å². The lowest BCUT2D eigenvalue weighted by molar-refractivity contribution is -0.162. The number of nitrogens with zero attached hydrogens (tertiary/aromatic N) is 1. The quantitative estimate of drug-likeness (QED) is 0.849. The summed E-state index contributed by atoms with van der Waals surface area (Å²) < 4.78 is 37.0. The molecule has 108 valence electrons. The number of alkyl halides is 3. The molecule has 1 heterocycles. The predicted octanol–water partition coefficient (Wildman–Crippen LogP) is 1.45. The molecule has 0 bridgehead atoms. The van der Waals surface area contributed by atoms with E-state index in [1.54, 1.807) is 0 Å². The highest BCUT2D eigenvalue weighted by Crippen LogP contribution is 2.38. The van der Waals surface area contributed by atoms with Gasteiger partial charge in [-0.15, -0.1) is 0 Å². The lowest BCUT2D eigenvalue weighted by atomic mass is 9.94. The van der Waals surface area contributed by atoms with Crippen LogP contribution in [-0.4, -0.2) is 41.0 Å². The van der Waals surface area contributed by atoms with E-state index in [-0.39, 0.29) is 11.8 Å². The summed E-state index contributed by atoms with van der Waals surface area (Å²) in [6.45, 7) is 2.58. The lowest BCUT2D eigenvalue weighted by Crippen LogP contribution is -2.68. The maximum Gasteiger partial charge on any atom is 0.390 e. The van der Waals surface area contributed by atoms with Crippen molar-refractivity contribution >= 4 is 11.8 Å². The summed E-state index contributed by atoms with van der Waals surface area (Å²) in [6.07, 6.45) is -3.83. The van der Waals surface area contributed by atoms with Crippen molar-refractivity contribution < 1.29 is 22.8 Å². The van der Waals surface area contributed by atoms with Gasteiger partial charge in [0.1, 0.15) is 11.6 Å². The second kappa shape index (κ2) is 4.38. The van der Waals surface area contributed by atoms with E-state index in [4.69, 9.17) is 0 Å². The van der Waals surface area contributed by atoms with Crippen LogP contribution in [0.3, 0.4) is 0 Å². The molecule has 0 aromatic heterocycles.